The molecule has 1 heterocycles. The first-order valence-corrected chi connectivity index (χ1v) is 6.34. The van der Waals surface area contributed by atoms with Crippen LogP contribution in [0.3, 0.4) is 0 Å². The van der Waals surface area contributed by atoms with Crippen molar-refractivity contribution in [3.8, 4) is 0 Å². The molecule has 1 rings (SSSR count). The highest BCUT2D eigenvalue weighted by molar-refractivity contribution is 9.10. The van der Waals surface area contributed by atoms with Gasteiger partial charge in [-0.1, -0.05) is 0 Å². The third kappa shape index (κ3) is 4.74. The first-order valence-electron chi connectivity index (χ1n) is 5.55. The molecule has 0 radical (unpaired) electrons. The van der Waals surface area contributed by atoms with Gasteiger partial charge in [-0.2, -0.15) is 0 Å². The lowest BCUT2D eigenvalue weighted by Crippen LogP contribution is -2.27. The molecule has 0 aromatic carbocycles. The molecule has 0 aliphatic heterocycles. The Bertz CT molecular complexity index is 487. The van der Waals surface area contributed by atoms with Gasteiger partial charge in [0.05, 0.1) is 5.69 Å². The third-order valence-corrected chi connectivity index (χ3v) is 2.57. The summed E-state index contributed by atoms with van der Waals surface area (Å²) in [6.45, 7) is 6.64. The van der Waals surface area contributed by atoms with Crippen molar-refractivity contribution in [3.63, 3.8) is 0 Å². The van der Waals surface area contributed by atoms with Crippen LogP contribution in [0.25, 0.3) is 0 Å². The van der Waals surface area contributed by atoms with Gasteiger partial charge < -0.3 is 4.74 Å². The van der Waals surface area contributed by atoms with E-state index in [0.29, 0.717) is 5.69 Å². The predicted molar refractivity (Wildman–Crippen MR) is 71.5 cm³/mol. The smallest absolute Gasteiger partial charge is 0.412 e. The van der Waals surface area contributed by atoms with Crippen LogP contribution in [0.1, 0.15) is 38.5 Å². The first kappa shape index (κ1) is 15.8. The molecule has 0 unspecified atom stereocenters. The summed E-state index contributed by atoms with van der Waals surface area (Å²) < 4.78 is 31.0. The summed E-state index contributed by atoms with van der Waals surface area (Å²) in [7, 11) is 0. The largest absolute Gasteiger partial charge is 0.444 e. The van der Waals surface area contributed by atoms with E-state index in [0.717, 1.165) is 0 Å². The third-order valence-electron chi connectivity index (χ3n) is 1.99. The van der Waals surface area contributed by atoms with Gasteiger partial charge in [0.2, 0.25) is 0 Å². The monoisotopic (exact) mass is 336 g/mol. The van der Waals surface area contributed by atoms with Gasteiger partial charge in [-0.3, -0.25) is 5.32 Å². The summed E-state index contributed by atoms with van der Waals surface area (Å²) in [5.74, 6) is 0. The van der Waals surface area contributed by atoms with Crippen molar-refractivity contribution in [2.75, 3.05) is 5.32 Å². The lowest BCUT2D eigenvalue weighted by Gasteiger charge is -2.20. The van der Waals surface area contributed by atoms with Crippen LogP contribution in [0.4, 0.5) is 19.3 Å². The Labute approximate surface area is 118 Å². The Morgan fingerprint density at radius 1 is 1.47 bits per heavy atom. The van der Waals surface area contributed by atoms with Crippen LogP contribution in [0.5, 0.6) is 0 Å². The number of aryl methyl sites for hydroxylation is 1. The molecule has 0 spiro atoms. The van der Waals surface area contributed by atoms with E-state index in [4.69, 9.17) is 4.74 Å². The number of pyridine rings is 1. The highest BCUT2D eigenvalue weighted by Crippen LogP contribution is 2.33. The molecule has 4 nitrogen and oxygen atoms in total. The Balaban J connectivity index is 3.04. The van der Waals surface area contributed by atoms with Crippen LogP contribution in [-0.2, 0) is 4.74 Å². The summed E-state index contributed by atoms with van der Waals surface area (Å²) in [5, 5.41) is 2.29. The van der Waals surface area contributed by atoms with Gasteiger partial charge in [-0.05, 0) is 49.7 Å². The zero-order chi connectivity index (χ0) is 14.8. The molecule has 1 aromatic rings. The number of alkyl halides is 2. The number of rotatable bonds is 2. The summed E-state index contributed by atoms with van der Waals surface area (Å²) >= 11 is 3.06. The number of ether oxygens (including phenoxy) is 1. The molecule has 1 amide bonds. The molecule has 0 saturated carbocycles. The minimum absolute atomic E-state index is 0.0742. The number of nitrogens with zero attached hydrogens (tertiary/aromatic N) is 1. The summed E-state index contributed by atoms with van der Waals surface area (Å²) in [5.41, 5.74) is -0.656. The molecule has 0 bridgehead atoms. The van der Waals surface area contributed by atoms with E-state index in [-0.39, 0.29) is 15.9 Å². The van der Waals surface area contributed by atoms with Crippen molar-refractivity contribution in [2.45, 2.75) is 39.7 Å². The molecule has 0 fully saturated rings. The fourth-order valence-corrected chi connectivity index (χ4v) is 1.97. The minimum Gasteiger partial charge on any atom is -0.444 e. The first-order chi connectivity index (χ1) is 8.60. The van der Waals surface area contributed by atoms with Crippen molar-refractivity contribution in [2.24, 2.45) is 0 Å². The minimum atomic E-state index is -2.72. The summed E-state index contributed by atoms with van der Waals surface area (Å²) in [6.07, 6.45) is -3.52. The van der Waals surface area contributed by atoms with Crippen LogP contribution in [0.2, 0.25) is 0 Å². The van der Waals surface area contributed by atoms with Gasteiger partial charge in [-0.15, -0.1) is 0 Å². The zero-order valence-electron chi connectivity index (χ0n) is 11.1. The number of hydrogen-bond acceptors (Lipinski definition) is 3. The molecule has 1 aromatic heterocycles. The highest BCUT2D eigenvalue weighted by Gasteiger charge is 2.22. The Morgan fingerprint density at radius 2 is 2.05 bits per heavy atom. The van der Waals surface area contributed by atoms with E-state index in [1.165, 1.54) is 6.07 Å². The molecular formula is C12H15BrF2N2O2. The second kappa shape index (κ2) is 5.81. The number of aromatic nitrogens is 1. The average molecular weight is 337 g/mol. The van der Waals surface area contributed by atoms with Gasteiger partial charge in [0.1, 0.15) is 10.2 Å². The maximum absolute atomic E-state index is 12.9. The molecule has 1 N–H and O–H groups in total. The van der Waals surface area contributed by atoms with E-state index >= 15 is 0 Å². The number of halogens is 3. The van der Waals surface area contributed by atoms with E-state index in [9.17, 15) is 13.6 Å². The Kier molecular flexibility index (Phi) is 4.84. The van der Waals surface area contributed by atoms with Crippen molar-refractivity contribution >= 4 is 27.7 Å². The lowest BCUT2D eigenvalue weighted by atomic mass is 10.2. The Hall–Kier alpha value is -1.24. The van der Waals surface area contributed by atoms with Gasteiger partial charge in [0.25, 0.3) is 6.43 Å². The maximum atomic E-state index is 12.9. The van der Waals surface area contributed by atoms with Crippen molar-refractivity contribution in [1.29, 1.82) is 0 Å². The van der Waals surface area contributed by atoms with Crippen LogP contribution < -0.4 is 5.32 Å². The Morgan fingerprint density at radius 3 is 2.53 bits per heavy atom. The number of nitrogens with one attached hydrogen (secondary N) is 1. The SMILES string of the molecule is Cc1cc(C(F)F)c(NC(=O)OC(C)(C)C)c(Br)n1. The van der Waals surface area contributed by atoms with E-state index in [1.807, 2.05) is 0 Å². The van der Waals surface area contributed by atoms with E-state index < -0.39 is 18.1 Å². The number of carbonyl (C=O) groups is 1. The van der Waals surface area contributed by atoms with Crippen LogP contribution in [0.15, 0.2) is 10.7 Å². The second-order valence-corrected chi connectivity index (χ2v) is 5.70. The van der Waals surface area contributed by atoms with Gasteiger partial charge >= 0.3 is 6.09 Å². The quantitative estimate of drug-likeness (QED) is 0.812. The normalized spacial score (nSPS) is 11.6. The summed E-state index contributed by atoms with van der Waals surface area (Å²) in [4.78, 5) is 15.6. The average Bonchev–Trinajstić information content (AvgIpc) is 2.18. The standard InChI is InChI=1S/C12H15BrF2N2O2/c1-6-5-7(10(14)15)8(9(13)16-6)17-11(18)19-12(2,3)4/h5,10H,1-4H3,(H,17,18). The van der Waals surface area contributed by atoms with Crippen LogP contribution >= 0.6 is 15.9 Å². The number of anilines is 1. The van der Waals surface area contributed by atoms with Crippen molar-refractivity contribution in [1.82, 2.24) is 4.98 Å². The number of amides is 1. The van der Waals surface area contributed by atoms with Gasteiger partial charge in [-0.25, -0.2) is 18.6 Å². The number of hydrogen-bond donors (Lipinski definition) is 1. The molecule has 19 heavy (non-hydrogen) atoms. The topological polar surface area (TPSA) is 51.2 Å². The van der Waals surface area contributed by atoms with Crippen LogP contribution in [0, 0.1) is 6.92 Å². The molecule has 0 aliphatic rings. The maximum Gasteiger partial charge on any atom is 0.412 e. The van der Waals surface area contributed by atoms with Crippen molar-refractivity contribution in [3.05, 3.63) is 21.9 Å². The molecule has 0 saturated heterocycles. The molecule has 106 valence electrons. The molecule has 0 atom stereocenters. The van der Waals surface area contributed by atoms with E-state index in [1.54, 1.807) is 27.7 Å². The molecule has 7 heteroatoms. The fourth-order valence-electron chi connectivity index (χ4n) is 1.36. The van der Waals surface area contributed by atoms with Gasteiger partial charge in [0, 0.05) is 11.3 Å². The second-order valence-electron chi connectivity index (χ2n) is 4.95. The van der Waals surface area contributed by atoms with Crippen molar-refractivity contribution < 1.29 is 18.3 Å². The lowest BCUT2D eigenvalue weighted by molar-refractivity contribution is 0.0635. The zero-order valence-corrected chi connectivity index (χ0v) is 12.6. The van der Waals surface area contributed by atoms with Crippen LogP contribution in [-0.4, -0.2) is 16.7 Å². The summed E-state index contributed by atoms with van der Waals surface area (Å²) in [6, 6.07) is 1.22. The highest BCUT2D eigenvalue weighted by atomic mass is 79.9. The number of carbonyl (C=O) groups excluding carboxylic acids is 1. The molecule has 0 aliphatic carbocycles. The molecular weight excluding hydrogens is 322 g/mol. The van der Waals surface area contributed by atoms with E-state index in [2.05, 4.69) is 26.2 Å². The predicted octanol–water partition coefficient (Wildman–Crippen LogP) is 4.44. The fraction of sp³-hybridized carbons (Fsp3) is 0.500. The van der Waals surface area contributed by atoms with Gasteiger partial charge in [0.15, 0.2) is 0 Å².